The average Bonchev–Trinajstić information content (AvgIpc) is 2.53. The molecule has 1 atom stereocenters. The predicted octanol–water partition coefficient (Wildman–Crippen LogP) is 2.61. The molecule has 124 valence electrons. The summed E-state index contributed by atoms with van der Waals surface area (Å²) in [6.07, 6.45) is 1.93. The number of carbonyl (C=O) groups is 1. The Morgan fingerprint density at radius 2 is 1.82 bits per heavy atom. The maximum Gasteiger partial charge on any atom is 0.303 e. The third-order valence-corrected chi connectivity index (χ3v) is 3.36. The Morgan fingerprint density at radius 1 is 1.23 bits per heavy atom. The minimum Gasteiger partial charge on any atom is -0.493 e. The van der Waals surface area contributed by atoms with E-state index in [0.717, 1.165) is 6.42 Å². The highest BCUT2D eigenvalue weighted by Crippen LogP contribution is 2.39. The fourth-order valence-corrected chi connectivity index (χ4v) is 2.14. The van der Waals surface area contributed by atoms with Crippen molar-refractivity contribution in [2.75, 3.05) is 14.2 Å². The van der Waals surface area contributed by atoms with Crippen LogP contribution in [0.4, 0.5) is 0 Å². The molecule has 0 radical (unpaired) electrons. The molecule has 1 unspecified atom stereocenters. The quantitative estimate of drug-likeness (QED) is 0.691. The molecular weight excluding hydrogens is 288 g/mol. The SMILES string of the molecule is CCC(CCCC(=O)O)Oc1c(OC)cc(CO)cc1OC. The van der Waals surface area contributed by atoms with Crippen molar-refractivity contribution in [3.63, 3.8) is 0 Å². The van der Waals surface area contributed by atoms with Crippen molar-refractivity contribution in [1.82, 2.24) is 0 Å². The number of methoxy groups -OCH3 is 2. The van der Waals surface area contributed by atoms with Gasteiger partial charge in [0.25, 0.3) is 0 Å². The Bertz CT molecular complexity index is 461. The molecule has 1 rings (SSSR count). The van der Waals surface area contributed by atoms with Crippen molar-refractivity contribution in [1.29, 1.82) is 0 Å². The molecule has 1 aromatic carbocycles. The lowest BCUT2D eigenvalue weighted by atomic mass is 10.1. The first-order valence-corrected chi connectivity index (χ1v) is 7.29. The Balaban J connectivity index is 2.90. The van der Waals surface area contributed by atoms with Crippen molar-refractivity contribution in [3.8, 4) is 17.2 Å². The Labute approximate surface area is 130 Å². The largest absolute Gasteiger partial charge is 0.493 e. The standard InChI is InChI=1S/C16H24O6/c1-4-12(6-5-7-15(18)19)22-16-13(20-2)8-11(10-17)9-14(16)21-3/h8-9,12,17H,4-7,10H2,1-3H3,(H,18,19). The minimum atomic E-state index is -0.808. The number of ether oxygens (including phenoxy) is 3. The normalized spacial score (nSPS) is 11.8. The smallest absolute Gasteiger partial charge is 0.303 e. The predicted molar refractivity (Wildman–Crippen MR) is 81.7 cm³/mol. The highest BCUT2D eigenvalue weighted by Gasteiger charge is 2.18. The lowest BCUT2D eigenvalue weighted by Crippen LogP contribution is -2.17. The van der Waals surface area contributed by atoms with Gasteiger partial charge in [-0.1, -0.05) is 6.92 Å². The number of carboxylic acid groups (broad SMARTS) is 1. The van der Waals surface area contributed by atoms with Crippen LogP contribution in [0.2, 0.25) is 0 Å². The summed E-state index contributed by atoms with van der Waals surface area (Å²) in [6, 6.07) is 3.39. The van der Waals surface area contributed by atoms with Crippen LogP contribution < -0.4 is 14.2 Å². The molecular formula is C16H24O6. The van der Waals surface area contributed by atoms with Crippen LogP contribution >= 0.6 is 0 Å². The van der Waals surface area contributed by atoms with Gasteiger partial charge in [-0.05, 0) is 37.0 Å². The molecule has 0 aliphatic rings. The van der Waals surface area contributed by atoms with Gasteiger partial charge in [0, 0.05) is 6.42 Å². The maximum atomic E-state index is 10.6. The molecule has 2 N–H and O–H groups in total. The minimum absolute atomic E-state index is 0.122. The van der Waals surface area contributed by atoms with Crippen LogP contribution in [0.1, 0.15) is 38.2 Å². The van der Waals surface area contributed by atoms with Crippen molar-refractivity contribution < 1.29 is 29.2 Å². The van der Waals surface area contributed by atoms with Crippen molar-refractivity contribution >= 4 is 5.97 Å². The Hall–Kier alpha value is -1.95. The molecule has 0 aliphatic carbocycles. The van der Waals surface area contributed by atoms with Gasteiger partial charge in [0.05, 0.1) is 26.9 Å². The van der Waals surface area contributed by atoms with E-state index < -0.39 is 5.97 Å². The van der Waals surface area contributed by atoms with Crippen LogP contribution in [-0.4, -0.2) is 36.5 Å². The van der Waals surface area contributed by atoms with Crippen molar-refractivity contribution in [2.24, 2.45) is 0 Å². The summed E-state index contributed by atoms with van der Waals surface area (Å²) in [5.74, 6) is 0.641. The molecule has 6 heteroatoms. The number of aliphatic hydroxyl groups excluding tert-OH is 1. The number of carboxylic acids is 1. The Morgan fingerprint density at radius 3 is 2.23 bits per heavy atom. The van der Waals surface area contributed by atoms with E-state index in [0.29, 0.717) is 35.7 Å². The van der Waals surface area contributed by atoms with Crippen molar-refractivity contribution in [2.45, 2.75) is 45.3 Å². The molecule has 6 nitrogen and oxygen atoms in total. The summed E-state index contributed by atoms with van der Waals surface area (Å²) in [5.41, 5.74) is 0.667. The van der Waals surface area contributed by atoms with Gasteiger partial charge in [-0.15, -0.1) is 0 Å². The highest BCUT2D eigenvalue weighted by molar-refractivity contribution is 5.66. The Kier molecular flexibility index (Phi) is 7.52. The van der Waals surface area contributed by atoms with Crippen LogP contribution in [0.15, 0.2) is 12.1 Å². The molecule has 0 bridgehead atoms. The van der Waals surface area contributed by atoms with Gasteiger partial charge in [0.1, 0.15) is 0 Å². The fourth-order valence-electron chi connectivity index (χ4n) is 2.14. The van der Waals surface area contributed by atoms with Crippen LogP contribution in [0.25, 0.3) is 0 Å². The van der Waals surface area contributed by atoms with Gasteiger partial charge >= 0.3 is 5.97 Å². The van der Waals surface area contributed by atoms with Gasteiger partial charge in [0.15, 0.2) is 11.5 Å². The summed E-state index contributed by atoms with van der Waals surface area (Å²) < 4.78 is 16.6. The van der Waals surface area contributed by atoms with Crippen molar-refractivity contribution in [3.05, 3.63) is 17.7 Å². The summed E-state index contributed by atoms with van der Waals surface area (Å²) in [4.78, 5) is 10.6. The van der Waals surface area contributed by atoms with Crippen LogP contribution in [-0.2, 0) is 11.4 Å². The lowest BCUT2D eigenvalue weighted by Gasteiger charge is -2.21. The molecule has 0 fully saturated rings. The van der Waals surface area contributed by atoms with Gasteiger partial charge in [-0.2, -0.15) is 0 Å². The van der Waals surface area contributed by atoms with Gasteiger partial charge in [0.2, 0.25) is 5.75 Å². The van der Waals surface area contributed by atoms with Gasteiger partial charge in [-0.25, -0.2) is 0 Å². The van der Waals surface area contributed by atoms with Crippen LogP contribution in [0.3, 0.4) is 0 Å². The molecule has 0 saturated heterocycles. The van der Waals surface area contributed by atoms with Crippen LogP contribution in [0.5, 0.6) is 17.2 Å². The molecule has 0 heterocycles. The topological polar surface area (TPSA) is 85.2 Å². The highest BCUT2D eigenvalue weighted by atomic mass is 16.5. The summed E-state index contributed by atoms with van der Waals surface area (Å²) in [7, 11) is 3.04. The molecule has 0 spiro atoms. The molecule has 0 saturated carbocycles. The molecule has 1 aromatic rings. The lowest BCUT2D eigenvalue weighted by molar-refractivity contribution is -0.137. The maximum absolute atomic E-state index is 10.6. The zero-order valence-corrected chi connectivity index (χ0v) is 13.3. The molecule has 0 aromatic heterocycles. The molecule has 0 amide bonds. The van der Waals surface area contributed by atoms with Gasteiger partial charge in [-0.3, -0.25) is 4.79 Å². The first-order chi connectivity index (χ1) is 10.5. The zero-order chi connectivity index (χ0) is 16.5. The van der Waals surface area contributed by atoms with E-state index in [1.165, 1.54) is 14.2 Å². The summed E-state index contributed by atoms with van der Waals surface area (Å²) in [5, 5.41) is 18.0. The van der Waals surface area contributed by atoms with E-state index in [2.05, 4.69) is 0 Å². The number of rotatable bonds is 10. The number of benzene rings is 1. The monoisotopic (exact) mass is 312 g/mol. The van der Waals surface area contributed by atoms with E-state index >= 15 is 0 Å². The average molecular weight is 312 g/mol. The number of aliphatic hydroxyl groups is 1. The number of aliphatic carboxylic acids is 1. The first-order valence-electron chi connectivity index (χ1n) is 7.29. The van der Waals surface area contributed by atoms with Gasteiger partial charge < -0.3 is 24.4 Å². The summed E-state index contributed by atoms with van der Waals surface area (Å²) >= 11 is 0. The molecule has 0 aliphatic heterocycles. The second-order valence-corrected chi connectivity index (χ2v) is 4.92. The second-order valence-electron chi connectivity index (χ2n) is 4.92. The van der Waals surface area contributed by atoms with Crippen LogP contribution in [0, 0.1) is 0 Å². The fraction of sp³-hybridized carbons (Fsp3) is 0.562. The van der Waals surface area contributed by atoms with E-state index in [1.807, 2.05) is 6.92 Å². The number of hydrogen-bond donors (Lipinski definition) is 2. The number of hydrogen-bond acceptors (Lipinski definition) is 5. The third kappa shape index (κ3) is 5.11. The second kappa shape index (κ2) is 9.15. The summed E-state index contributed by atoms with van der Waals surface area (Å²) in [6.45, 7) is 1.86. The van der Waals surface area contributed by atoms with E-state index in [4.69, 9.17) is 19.3 Å². The van der Waals surface area contributed by atoms with E-state index in [-0.39, 0.29) is 19.1 Å². The first kappa shape index (κ1) is 18.1. The third-order valence-electron chi connectivity index (χ3n) is 3.36. The zero-order valence-electron chi connectivity index (χ0n) is 13.3. The van der Waals surface area contributed by atoms with E-state index in [9.17, 15) is 9.90 Å². The van der Waals surface area contributed by atoms with E-state index in [1.54, 1.807) is 12.1 Å². The molecule has 22 heavy (non-hydrogen) atoms.